The number of rotatable bonds is 3. The van der Waals surface area contributed by atoms with Crippen LogP contribution in [0.15, 0.2) is 30.3 Å². The lowest BCUT2D eigenvalue weighted by molar-refractivity contribution is 0.0689. The Morgan fingerprint density at radius 2 is 1.95 bits per heavy atom. The summed E-state index contributed by atoms with van der Waals surface area (Å²) in [6, 6.07) is 10.1. The lowest BCUT2D eigenvalue weighted by Crippen LogP contribution is -2.29. The van der Waals surface area contributed by atoms with Gasteiger partial charge in [0.25, 0.3) is 0 Å². The summed E-state index contributed by atoms with van der Waals surface area (Å²) in [5.74, 6) is -0.406. The molecule has 0 atom stereocenters. The Balaban J connectivity index is 1.89. The van der Waals surface area contributed by atoms with Crippen LogP contribution < -0.4 is 0 Å². The van der Waals surface area contributed by atoms with Crippen LogP contribution in [0.2, 0.25) is 0 Å². The van der Waals surface area contributed by atoms with Gasteiger partial charge in [-0.15, -0.1) is 0 Å². The summed E-state index contributed by atoms with van der Waals surface area (Å²) in [4.78, 5) is 13.4. The Morgan fingerprint density at radius 1 is 1.23 bits per heavy atom. The van der Waals surface area contributed by atoms with E-state index in [2.05, 4.69) is 35.2 Å². The summed E-state index contributed by atoms with van der Waals surface area (Å²) in [6.07, 6.45) is 2.34. The molecule has 1 aliphatic heterocycles. The third kappa shape index (κ3) is 2.90. The molecular weight excluding hydrogens is 278 g/mol. The second-order valence-electron chi connectivity index (χ2n) is 6.05. The van der Waals surface area contributed by atoms with Gasteiger partial charge in [-0.2, -0.15) is 5.10 Å². The second kappa shape index (κ2) is 5.93. The molecular formula is C17H21N3O2. The molecule has 0 bridgehead atoms. The maximum absolute atomic E-state index is 11.1. The van der Waals surface area contributed by atoms with Crippen molar-refractivity contribution in [2.24, 2.45) is 7.05 Å². The largest absolute Gasteiger partial charge is 0.476 e. The molecule has 0 aliphatic carbocycles. The van der Waals surface area contributed by atoms with Crippen molar-refractivity contribution in [3.8, 4) is 11.3 Å². The molecule has 1 N–H and O–H groups in total. The van der Waals surface area contributed by atoms with Crippen LogP contribution in [0.4, 0.5) is 0 Å². The van der Waals surface area contributed by atoms with Crippen molar-refractivity contribution in [1.29, 1.82) is 0 Å². The maximum Gasteiger partial charge on any atom is 0.356 e. The Hall–Kier alpha value is -2.14. The fourth-order valence-corrected chi connectivity index (χ4v) is 3.14. The summed E-state index contributed by atoms with van der Waals surface area (Å²) in [5, 5.41) is 13.1. The molecule has 1 aromatic heterocycles. The summed E-state index contributed by atoms with van der Waals surface area (Å²) in [7, 11) is 3.94. The highest BCUT2D eigenvalue weighted by Gasteiger charge is 2.19. The number of aromatic carboxylic acids is 1. The average Bonchev–Trinajstić information content (AvgIpc) is 2.90. The molecule has 0 radical (unpaired) electrons. The van der Waals surface area contributed by atoms with Crippen molar-refractivity contribution in [3.63, 3.8) is 0 Å². The molecule has 1 aliphatic rings. The molecule has 5 nitrogen and oxygen atoms in total. The normalized spacial score (nSPS) is 16.8. The molecule has 3 rings (SSSR count). The van der Waals surface area contributed by atoms with Gasteiger partial charge in [0.05, 0.1) is 5.69 Å². The number of benzene rings is 1. The molecule has 2 aromatic rings. The third-order valence-corrected chi connectivity index (χ3v) is 4.47. The molecule has 0 saturated carbocycles. The fraction of sp³-hybridized carbons (Fsp3) is 0.412. The highest BCUT2D eigenvalue weighted by Crippen LogP contribution is 2.30. The minimum Gasteiger partial charge on any atom is -0.476 e. The minimum atomic E-state index is -0.992. The SMILES string of the molecule is CN1CCC(c2cccc(-c3cc(C(=O)O)nn3C)c2)CC1. The standard InChI is InChI=1S/C17H21N3O2/c1-19-8-6-12(7-9-19)13-4-3-5-14(10-13)16-11-15(17(21)22)18-20(16)2/h3-5,10-12H,6-9H2,1-2H3,(H,21,22). The number of carboxylic acid groups (broad SMARTS) is 1. The van der Waals surface area contributed by atoms with Crippen LogP contribution in [0.1, 0.15) is 34.8 Å². The van der Waals surface area contributed by atoms with Gasteiger partial charge in [-0.05, 0) is 56.6 Å². The lowest BCUT2D eigenvalue weighted by Gasteiger charge is -2.29. The van der Waals surface area contributed by atoms with Crippen LogP contribution in [-0.2, 0) is 7.05 Å². The summed E-state index contributed by atoms with van der Waals surface area (Å²) >= 11 is 0. The van der Waals surface area contributed by atoms with Crippen molar-refractivity contribution in [1.82, 2.24) is 14.7 Å². The first-order valence-electron chi connectivity index (χ1n) is 7.61. The zero-order chi connectivity index (χ0) is 15.7. The number of carbonyl (C=O) groups is 1. The number of aromatic nitrogens is 2. The number of hydrogen-bond acceptors (Lipinski definition) is 3. The molecule has 1 saturated heterocycles. The van der Waals surface area contributed by atoms with E-state index in [1.165, 1.54) is 18.4 Å². The molecule has 5 heteroatoms. The quantitative estimate of drug-likeness (QED) is 0.946. The maximum atomic E-state index is 11.1. The molecule has 0 amide bonds. The molecule has 0 spiro atoms. The van der Waals surface area contributed by atoms with E-state index >= 15 is 0 Å². The van der Waals surface area contributed by atoms with E-state index < -0.39 is 5.97 Å². The van der Waals surface area contributed by atoms with E-state index in [1.54, 1.807) is 17.8 Å². The predicted octanol–water partition coefficient (Wildman–Crippen LogP) is 2.59. The highest BCUT2D eigenvalue weighted by atomic mass is 16.4. The highest BCUT2D eigenvalue weighted by molar-refractivity contribution is 5.87. The van der Waals surface area contributed by atoms with Crippen LogP contribution >= 0.6 is 0 Å². The molecule has 0 unspecified atom stereocenters. The molecule has 1 aromatic carbocycles. The van der Waals surface area contributed by atoms with Crippen molar-refractivity contribution < 1.29 is 9.90 Å². The van der Waals surface area contributed by atoms with E-state index in [1.807, 2.05) is 6.07 Å². The van der Waals surface area contributed by atoms with E-state index in [-0.39, 0.29) is 5.69 Å². The van der Waals surface area contributed by atoms with Gasteiger partial charge in [0.15, 0.2) is 5.69 Å². The van der Waals surface area contributed by atoms with Crippen LogP contribution in [0.3, 0.4) is 0 Å². The van der Waals surface area contributed by atoms with Crippen molar-refractivity contribution >= 4 is 5.97 Å². The van der Waals surface area contributed by atoms with E-state index in [9.17, 15) is 4.79 Å². The summed E-state index contributed by atoms with van der Waals surface area (Å²) < 4.78 is 1.64. The van der Waals surface area contributed by atoms with Crippen molar-refractivity contribution in [2.45, 2.75) is 18.8 Å². The fourth-order valence-electron chi connectivity index (χ4n) is 3.14. The topological polar surface area (TPSA) is 58.4 Å². The molecule has 116 valence electrons. The third-order valence-electron chi connectivity index (χ3n) is 4.47. The van der Waals surface area contributed by atoms with Gasteiger partial charge in [0, 0.05) is 12.6 Å². The van der Waals surface area contributed by atoms with Crippen LogP contribution in [0.25, 0.3) is 11.3 Å². The Bertz CT molecular complexity index is 685. The Labute approximate surface area is 130 Å². The van der Waals surface area contributed by atoms with E-state index in [0.717, 1.165) is 24.3 Å². The monoisotopic (exact) mass is 299 g/mol. The lowest BCUT2D eigenvalue weighted by atomic mass is 9.88. The summed E-state index contributed by atoms with van der Waals surface area (Å²) in [6.45, 7) is 2.26. The zero-order valence-corrected chi connectivity index (χ0v) is 13.0. The average molecular weight is 299 g/mol. The van der Waals surface area contributed by atoms with Gasteiger partial charge in [-0.25, -0.2) is 4.79 Å². The minimum absolute atomic E-state index is 0.0854. The summed E-state index contributed by atoms with van der Waals surface area (Å²) in [5.41, 5.74) is 3.29. The first kappa shape index (κ1) is 14.8. The number of carboxylic acids is 1. The van der Waals surface area contributed by atoms with Crippen molar-refractivity contribution in [2.75, 3.05) is 20.1 Å². The van der Waals surface area contributed by atoms with Gasteiger partial charge in [0.1, 0.15) is 0 Å². The van der Waals surface area contributed by atoms with Crippen LogP contribution in [0, 0.1) is 0 Å². The first-order valence-corrected chi connectivity index (χ1v) is 7.61. The Kier molecular flexibility index (Phi) is 3.98. The van der Waals surface area contributed by atoms with E-state index in [0.29, 0.717) is 5.92 Å². The van der Waals surface area contributed by atoms with Gasteiger partial charge in [-0.1, -0.05) is 18.2 Å². The smallest absolute Gasteiger partial charge is 0.356 e. The molecule has 2 heterocycles. The van der Waals surface area contributed by atoms with Gasteiger partial charge >= 0.3 is 5.97 Å². The molecule has 1 fully saturated rings. The van der Waals surface area contributed by atoms with Crippen LogP contribution in [0.5, 0.6) is 0 Å². The van der Waals surface area contributed by atoms with Crippen LogP contribution in [-0.4, -0.2) is 45.9 Å². The number of hydrogen-bond donors (Lipinski definition) is 1. The first-order chi connectivity index (χ1) is 10.5. The number of piperidine rings is 1. The zero-order valence-electron chi connectivity index (χ0n) is 13.0. The van der Waals surface area contributed by atoms with Gasteiger partial charge in [-0.3, -0.25) is 4.68 Å². The number of likely N-dealkylation sites (tertiary alicyclic amines) is 1. The second-order valence-corrected chi connectivity index (χ2v) is 6.05. The Morgan fingerprint density at radius 3 is 2.59 bits per heavy atom. The molecule has 22 heavy (non-hydrogen) atoms. The van der Waals surface area contributed by atoms with Gasteiger partial charge in [0.2, 0.25) is 0 Å². The van der Waals surface area contributed by atoms with Gasteiger partial charge < -0.3 is 10.0 Å². The van der Waals surface area contributed by atoms with Crippen molar-refractivity contribution in [3.05, 3.63) is 41.6 Å². The predicted molar refractivity (Wildman–Crippen MR) is 85.1 cm³/mol. The number of aryl methyl sites for hydroxylation is 1. The van der Waals surface area contributed by atoms with E-state index in [4.69, 9.17) is 5.11 Å². The number of nitrogens with zero attached hydrogens (tertiary/aromatic N) is 3.